The first-order chi connectivity index (χ1) is 8.20. The van der Waals surface area contributed by atoms with Crippen LogP contribution in [0.15, 0.2) is 4.52 Å². The maximum absolute atomic E-state index is 5.21. The van der Waals surface area contributed by atoms with Gasteiger partial charge in [0.2, 0.25) is 0 Å². The van der Waals surface area contributed by atoms with E-state index in [4.69, 9.17) is 4.52 Å². The van der Waals surface area contributed by atoms with E-state index in [2.05, 4.69) is 22.3 Å². The van der Waals surface area contributed by atoms with Crippen molar-refractivity contribution in [3.8, 4) is 0 Å². The predicted octanol–water partition coefficient (Wildman–Crippen LogP) is 1.87. The first-order valence-electron chi connectivity index (χ1n) is 6.58. The molecule has 0 aromatic carbocycles. The van der Waals surface area contributed by atoms with Crippen LogP contribution in [0.1, 0.15) is 36.8 Å². The lowest BCUT2D eigenvalue weighted by Gasteiger charge is -2.16. The minimum absolute atomic E-state index is 0.662. The van der Waals surface area contributed by atoms with Crippen molar-refractivity contribution < 1.29 is 4.52 Å². The van der Waals surface area contributed by atoms with Gasteiger partial charge < -0.3 is 9.84 Å². The molecule has 1 N–H and O–H groups in total. The van der Waals surface area contributed by atoms with Crippen LogP contribution in [0, 0.1) is 13.8 Å². The predicted molar refractivity (Wildman–Crippen MR) is 68.0 cm³/mol. The molecule has 2 rings (SSSR count). The summed E-state index contributed by atoms with van der Waals surface area (Å²) in [7, 11) is 0. The van der Waals surface area contributed by atoms with Gasteiger partial charge in [0.15, 0.2) is 0 Å². The summed E-state index contributed by atoms with van der Waals surface area (Å²) in [5.74, 6) is 0.965. The summed E-state index contributed by atoms with van der Waals surface area (Å²) in [5.41, 5.74) is 2.30. The molecule has 4 nitrogen and oxygen atoms in total. The van der Waals surface area contributed by atoms with Crippen molar-refractivity contribution in [2.24, 2.45) is 0 Å². The van der Waals surface area contributed by atoms with Gasteiger partial charge in [-0.25, -0.2) is 0 Å². The number of aryl methyl sites for hydroxylation is 2. The van der Waals surface area contributed by atoms with E-state index in [-0.39, 0.29) is 0 Å². The van der Waals surface area contributed by atoms with E-state index in [0.717, 1.165) is 31.1 Å². The van der Waals surface area contributed by atoms with Gasteiger partial charge in [0.1, 0.15) is 5.76 Å². The Hall–Kier alpha value is -0.870. The second-order valence-corrected chi connectivity index (χ2v) is 4.98. The van der Waals surface area contributed by atoms with Gasteiger partial charge in [-0.15, -0.1) is 0 Å². The van der Waals surface area contributed by atoms with Gasteiger partial charge in [-0.3, -0.25) is 4.90 Å². The first kappa shape index (κ1) is 12.6. The number of nitrogens with one attached hydrogen (secondary N) is 1. The molecule has 96 valence electrons. The molecule has 17 heavy (non-hydrogen) atoms. The topological polar surface area (TPSA) is 41.3 Å². The van der Waals surface area contributed by atoms with E-state index in [1.807, 2.05) is 13.8 Å². The molecule has 4 heteroatoms. The fraction of sp³-hybridized carbons (Fsp3) is 0.769. The maximum Gasteiger partial charge on any atom is 0.138 e. The Morgan fingerprint density at radius 3 is 2.94 bits per heavy atom. The van der Waals surface area contributed by atoms with Gasteiger partial charge in [-0.2, -0.15) is 0 Å². The summed E-state index contributed by atoms with van der Waals surface area (Å²) in [5, 5.41) is 7.60. The van der Waals surface area contributed by atoms with Crippen LogP contribution < -0.4 is 5.32 Å². The summed E-state index contributed by atoms with van der Waals surface area (Å²) in [6, 6.07) is 0.662. The van der Waals surface area contributed by atoms with Gasteiger partial charge in [0.25, 0.3) is 0 Å². The van der Waals surface area contributed by atoms with Crippen LogP contribution in [-0.2, 0) is 6.54 Å². The third-order valence-corrected chi connectivity index (χ3v) is 3.52. The lowest BCUT2D eigenvalue weighted by molar-refractivity contribution is 0.316. The second kappa shape index (κ2) is 5.65. The highest BCUT2D eigenvalue weighted by Gasteiger charge is 2.23. The lowest BCUT2D eigenvalue weighted by atomic mass is 10.2. The summed E-state index contributed by atoms with van der Waals surface area (Å²) in [4.78, 5) is 2.49. The van der Waals surface area contributed by atoms with Crippen LogP contribution in [0.4, 0.5) is 0 Å². The Balaban J connectivity index is 1.85. The fourth-order valence-electron chi connectivity index (χ4n) is 2.44. The molecule has 1 unspecified atom stereocenters. The minimum Gasteiger partial charge on any atom is -0.361 e. The summed E-state index contributed by atoms with van der Waals surface area (Å²) < 4.78 is 5.21. The van der Waals surface area contributed by atoms with Gasteiger partial charge in [-0.1, -0.05) is 12.1 Å². The van der Waals surface area contributed by atoms with E-state index in [9.17, 15) is 0 Å². The Bertz CT molecular complexity index is 342. The molecule has 2 heterocycles. The van der Waals surface area contributed by atoms with E-state index < -0.39 is 0 Å². The Morgan fingerprint density at radius 2 is 2.29 bits per heavy atom. The molecule has 1 aromatic rings. The van der Waals surface area contributed by atoms with Crippen molar-refractivity contribution in [3.05, 3.63) is 17.0 Å². The Labute approximate surface area is 103 Å². The standard InChI is InChI=1S/C13H23N3O/c1-4-6-14-12-5-7-16(8-12)9-13-10(2)15-17-11(13)3/h12,14H,4-9H2,1-3H3. The molecule has 0 bridgehead atoms. The van der Waals surface area contributed by atoms with Crippen molar-refractivity contribution in [1.29, 1.82) is 0 Å². The summed E-state index contributed by atoms with van der Waals surface area (Å²) in [6.07, 6.45) is 2.46. The molecule has 0 amide bonds. The quantitative estimate of drug-likeness (QED) is 0.849. The van der Waals surface area contributed by atoms with Crippen LogP contribution in [-0.4, -0.2) is 35.7 Å². The number of aromatic nitrogens is 1. The highest BCUT2D eigenvalue weighted by molar-refractivity contribution is 5.20. The first-order valence-corrected chi connectivity index (χ1v) is 6.58. The van der Waals surface area contributed by atoms with Crippen LogP contribution in [0.3, 0.4) is 0 Å². The largest absolute Gasteiger partial charge is 0.361 e. The molecule has 1 fully saturated rings. The smallest absolute Gasteiger partial charge is 0.138 e. The molecule has 1 saturated heterocycles. The molecule has 0 radical (unpaired) electrons. The van der Waals surface area contributed by atoms with Gasteiger partial charge in [0.05, 0.1) is 5.69 Å². The van der Waals surface area contributed by atoms with Crippen molar-refractivity contribution in [2.45, 2.75) is 46.2 Å². The highest BCUT2D eigenvalue weighted by atomic mass is 16.5. The maximum atomic E-state index is 5.21. The molecule has 1 aromatic heterocycles. The normalized spacial score (nSPS) is 21.2. The zero-order chi connectivity index (χ0) is 12.3. The average molecular weight is 237 g/mol. The average Bonchev–Trinajstić information content (AvgIpc) is 2.88. The van der Waals surface area contributed by atoms with E-state index in [1.54, 1.807) is 0 Å². The van der Waals surface area contributed by atoms with Crippen molar-refractivity contribution in [1.82, 2.24) is 15.4 Å². The SMILES string of the molecule is CCCNC1CCN(Cc2c(C)noc2C)C1. The highest BCUT2D eigenvalue weighted by Crippen LogP contribution is 2.18. The zero-order valence-corrected chi connectivity index (χ0v) is 11.1. The number of nitrogens with zero attached hydrogens (tertiary/aromatic N) is 2. The molecule has 1 aliphatic rings. The van der Waals surface area contributed by atoms with Crippen LogP contribution in [0.2, 0.25) is 0 Å². The van der Waals surface area contributed by atoms with Gasteiger partial charge in [0, 0.05) is 31.2 Å². The number of hydrogen-bond donors (Lipinski definition) is 1. The minimum atomic E-state index is 0.662. The summed E-state index contributed by atoms with van der Waals surface area (Å²) >= 11 is 0. The zero-order valence-electron chi connectivity index (χ0n) is 11.1. The fourth-order valence-corrected chi connectivity index (χ4v) is 2.44. The molecule has 0 saturated carbocycles. The number of hydrogen-bond acceptors (Lipinski definition) is 4. The Kier molecular flexibility index (Phi) is 4.18. The molecule has 0 spiro atoms. The number of likely N-dealkylation sites (tertiary alicyclic amines) is 1. The van der Waals surface area contributed by atoms with Crippen LogP contribution in [0.5, 0.6) is 0 Å². The molecule has 1 atom stereocenters. The summed E-state index contributed by atoms with van der Waals surface area (Å²) in [6.45, 7) is 10.7. The van der Waals surface area contributed by atoms with Gasteiger partial charge in [-0.05, 0) is 33.2 Å². The van der Waals surface area contributed by atoms with Crippen LogP contribution in [0.25, 0.3) is 0 Å². The second-order valence-electron chi connectivity index (χ2n) is 4.98. The number of rotatable bonds is 5. The van der Waals surface area contributed by atoms with Gasteiger partial charge >= 0.3 is 0 Å². The van der Waals surface area contributed by atoms with Crippen molar-refractivity contribution in [3.63, 3.8) is 0 Å². The van der Waals surface area contributed by atoms with E-state index in [0.29, 0.717) is 6.04 Å². The van der Waals surface area contributed by atoms with Crippen LogP contribution >= 0.6 is 0 Å². The Morgan fingerprint density at radius 1 is 1.47 bits per heavy atom. The third kappa shape index (κ3) is 3.07. The molecule has 0 aliphatic carbocycles. The van der Waals surface area contributed by atoms with Crippen molar-refractivity contribution in [2.75, 3.05) is 19.6 Å². The monoisotopic (exact) mass is 237 g/mol. The lowest BCUT2D eigenvalue weighted by Crippen LogP contribution is -2.32. The van der Waals surface area contributed by atoms with E-state index in [1.165, 1.54) is 24.9 Å². The third-order valence-electron chi connectivity index (χ3n) is 3.52. The van der Waals surface area contributed by atoms with E-state index >= 15 is 0 Å². The molecule has 1 aliphatic heterocycles. The molecular weight excluding hydrogens is 214 g/mol. The van der Waals surface area contributed by atoms with Crippen molar-refractivity contribution >= 4 is 0 Å². The molecular formula is C13H23N3O.